The van der Waals surface area contributed by atoms with Gasteiger partial charge in [0.15, 0.2) is 0 Å². The lowest BCUT2D eigenvalue weighted by Crippen LogP contribution is -2.12. The van der Waals surface area contributed by atoms with Crippen LogP contribution in [-0.2, 0) is 19.5 Å². The third-order valence-electron chi connectivity index (χ3n) is 3.70. The van der Waals surface area contributed by atoms with Crippen LogP contribution in [0, 0.1) is 0 Å². The summed E-state index contributed by atoms with van der Waals surface area (Å²) in [6.45, 7) is 2.49. The maximum atomic E-state index is 5.53. The van der Waals surface area contributed by atoms with Crippen molar-refractivity contribution in [2.24, 2.45) is 0 Å². The van der Waals surface area contributed by atoms with Crippen molar-refractivity contribution in [1.82, 2.24) is 10.3 Å². The van der Waals surface area contributed by atoms with E-state index in [1.807, 2.05) is 6.07 Å². The highest BCUT2D eigenvalue weighted by atomic mass is 32.1. The summed E-state index contributed by atoms with van der Waals surface area (Å²) < 4.78 is 6.79. The van der Waals surface area contributed by atoms with E-state index in [4.69, 9.17) is 4.74 Å². The molecule has 1 aromatic heterocycles. The molecule has 0 saturated carbocycles. The standard InChI is InChI=1S/C17H16N2OS/c1-2-4-16-14(3-1)19-17(21-16)11-18-10-12-5-6-15-13(9-12)7-8-20-15/h1-6,9,18H,7-8,10-11H2. The Morgan fingerprint density at radius 2 is 2.10 bits per heavy atom. The van der Waals surface area contributed by atoms with Gasteiger partial charge in [-0.1, -0.05) is 24.3 Å². The fourth-order valence-electron chi connectivity index (χ4n) is 2.66. The summed E-state index contributed by atoms with van der Waals surface area (Å²) >= 11 is 1.76. The van der Waals surface area contributed by atoms with Gasteiger partial charge in [-0.25, -0.2) is 4.98 Å². The molecule has 4 heteroatoms. The van der Waals surface area contributed by atoms with Crippen LogP contribution in [0.25, 0.3) is 10.2 Å². The summed E-state index contributed by atoms with van der Waals surface area (Å²) in [5.41, 5.74) is 3.73. The van der Waals surface area contributed by atoms with Crippen LogP contribution in [0.5, 0.6) is 5.75 Å². The van der Waals surface area contributed by atoms with Gasteiger partial charge in [0, 0.05) is 19.5 Å². The minimum absolute atomic E-state index is 0.812. The van der Waals surface area contributed by atoms with Crippen LogP contribution >= 0.6 is 11.3 Å². The molecule has 0 unspecified atom stereocenters. The minimum Gasteiger partial charge on any atom is -0.493 e. The van der Waals surface area contributed by atoms with E-state index in [1.165, 1.54) is 15.8 Å². The molecule has 1 N–H and O–H groups in total. The molecule has 0 spiro atoms. The summed E-state index contributed by atoms with van der Waals surface area (Å²) in [5.74, 6) is 1.05. The molecule has 2 aromatic carbocycles. The normalized spacial score (nSPS) is 13.3. The van der Waals surface area contributed by atoms with Gasteiger partial charge in [-0.15, -0.1) is 11.3 Å². The van der Waals surface area contributed by atoms with E-state index in [2.05, 4.69) is 46.7 Å². The molecule has 0 bridgehead atoms. The molecule has 4 rings (SSSR count). The number of hydrogen-bond donors (Lipinski definition) is 1. The molecule has 0 radical (unpaired) electrons. The average Bonchev–Trinajstić information content (AvgIpc) is 3.12. The summed E-state index contributed by atoms with van der Waals surface area (Å²) in [6, 6.07) is 14.7. The molecule has 2 heterocycles. The quantitative estimate of drug-likeness (QED) is 0.800. The predicted molar refractivity (Wildman–Crippen MR) is 85.8 cm³/mol. The van der Waals surface area contributed by atoms with Gasteiger partial charge in [0.25, 0.3) is 0 Å². The molecule has 1 aliphatic rings. The van der Waals surface area contributed by atoms with E-state index in [0.29, 0.717) is 0 Å². The van der Waals surface area contributed by atoms with Gasteiger partial charge in [0.1, 0.15) is 10.8 Å². The van der Waals surface area contributed by atoms with Crippen molar-refractivity contribution in [2.75, 3.05) is 6.61 Å². The smallest absolute Gasteiger partial charge is 0.122 e. The van der Waals surface area contributed by atoms with Gasteiger partial charge in [0.2, 0.25) is 0 Å². The molecular formula is C17H16N2OS. The second-order valence-electron chi connectivity index (χ2n) is 5.22. The molecular weight excluding hydrogens is 280 g/mol. The molecule has 0 atom stereocenters. The predicted octanol–water partition coefficient (Wildman–Crippen LogP) is 3.52. The van der Waals surface area contributed by atoms with Gasteiger partial charge in [-0.3, -0.25) is 0 Å². The molecule has 21 heavy (non-hydrogen) atoms. The van der Waals surface area contributed by atoms with E-state index >= 15 is 0 Å². The Bertz CT molecular complexity index is 748. The topological polar surface area (TPSA) is 34.1 Å². The van der Waals surface area contributed by atoms with Crippen LogP contribution < -0.4 is 10.1 Å². The zero-order valence-corrected chi connectivity index (χ0v) is 12.5. The van der Waals surface area contributed by atoms with E-state index in [-0.39, 0.29) is 0 Å². The zero-order chi connectivity index (χ0) is 14.1. The molecule has 0 aliphatic carbocycles. The van der Waals surface area contributed by atoms with Crippen molar-refractivity contribution in [3.8, 4) is 5.75 Å². The molecule has 1 aliphatic heterocycles. The lowest BCUT2D eigenvalue weighted by molar-refractivity contribution is 0.357. The summed E-state index contributed by atoms with van der Waals surface area (Å²) in [7, 11) is 0. The number of nitrogens with one attached hydrogen (secondary N) is 1. The molecule has 0 amide bonds. The van der Waals surface area contributed by atoms with Crippen LogP contribution in [0.15, 0.2) is 42.5 Å². The monoisotopic (exact) mass is 296 g/mol. The number of hydrogen-bond acceptors (Lipinski definition) is 4. The molecule has 106 valence electrons. The Balaban J connectivity index is 1.41. The highest BCUT2D eigenvalue weighted by Gasteiger charge is 2.11. The second-order valence-corrected chi connectivity index (χ2v) is 6.33. The fraction of sp³-hybridized carbons (Fsp3) is 0.235. The van der Waals surface area contributed by atoms with Crippen LogP contribution in [0.3, 0.4) is 0 Å². The Morgan fingerprint density at radius 1 is 1.14 bits per heavy atom. The Labute approximate surface area is 127 Å². The minimum atomic E-state index is 0.812. The summed E-state index contributed by atoms with van der Waals surface area (Å²) in [5, 5.41) is 4.62. The van der Waals surface area contributed by atoms with Crippen LogP contribution in [0.2, 0.25) is 0 Å². The fourth-order valence-corrected chi connectivity index (χ4v) is 3.60. The van der Waals surface area contributed by atoms with Gasteiger partial charge in [0.05, 0.1) is 16.8 Å². The Morgan fingerprint density at radius 3 is 3.05 bits per heavy atom. The average molecular weight is 296 g/mol. The van der Waals surface area contributed by atoms with Gasteiger partial charge in [-0.2, -0.15) is 0 Å². The van der Waals surface area contributed by atoms with Crippen LogP contribution in [0.1, 0.15) is 16.1 Å². The first-order valence-electron chi connectivity index (χ1n) is 7.18. The Kier molecular flexibility index (Phi) is 3.33. The number of fused-ring (bicyclic) bond motifs is 2. The first kappa shape index (κ1) is 12.8. The number of thiazole rings is 1. The zero-order valence-electron chi connectivity index (χ0n) is 11.6. The van der Waals surface area contributed by atoms with Crippen LogP contribution in [0.4, 0.5) is 0 Å². The number of rotatable bonds is 4. The largest absolute Gasteiger partial charge is 0.493 e. The SMILES string of the molecule is c1ccc2sc(CNCc3ccc4c(c3)CCO4)nc2c1. The molecule has 0 saturated heterocycles. The lowest BCUT2D eigenvalue weighted by atomic mass is 10.1. The van der Waals surface area contributed by atoms with E-state index in [1.54, 1.807) is 11.3 Å². The highest BCUT2D eigenvalue weighted by molar-refractivity contribution is 7.18. The van der Waals surface area contributed by atoms with Crippen molar-refractivity contribution in [2.45, 2.75) is 19.5 Å². The van der Waals surface area contributed by atoms with Gasteiger partial charge in [-0.05, 0) is 29.3 Å². The number of para-hydroxylation sites is 1. The first-order valence-corrected chi connectivity index (χ1v) is 8.00. The van der Waals surface area contributed by atoms with Crippen molar-refractivity contribution in [1.29, 1.82) is 0 Å². The third-order valence-corrected chi connectivity index (χ3v) is 4.73. The van der Waals surface area contributed by atoms with Crippen molar-refractivity contribution in [3.63, 3.8) is 0 Å². The van der Waals surface area contributed by atoms with Crippen molar-refractivity contribution < 1.29 is 4.74 Å². The third kappa shape index (κ3) is 2.64. The molecule has 0 fully saturated rings. The second kappa shape index (κ2) is 5.47. The van der Waals surface area contributed by atoms with Crippen molar-refractivity contribution >= 4 is 21.6 Å². The molecule has 3 nitrogen and oxygen atoms in total. The van der Waals surface area contributed by atoms with Gasteiger partial charge >= 0.3 is 0 Å². The Hall–Kier alpha value is -1.91. The van der Waals surface area contributed by atoms with Crippen LogP contribution in [-0.4, -0.2) is 11.6 Å². The van der Waals surface area contributed by atoms with E-state index in [9.17, 15) is 0 Å². The lowest BCUT2D eigenvalue weighted by Gasteiger charge is -2.05. The number of benzene rings is 2. The number of nitrogens with zero attached hydrogens (tertiary/aromatic N) is 1. The van der Waals surface area contributed by atoms with Gasteiger partial charge < -0.3 is 10.1 Å². The maximum absolute atomic E-state index is 5.53. The number of aromatic nitrogens is 1. The maximum Gasteiger partial charge on any atom is 0.122 e. The summed E-state index contributed by atoms with van der Waals surface area (Å²) in [4.78, 5) is 4.64. The number of ether oxygens (including phenoxy) is 1. The first-order chi connectivity index (χ1) is 10.4. The van der Waals surface area contributed by atoms with E-state index in [0.717, 1.165) is 42.4 Å². The highest BCUT2D eigenvalue weighted by Crippen LogP contribution is 2.26. The molecule has 3 aromatic rings. The summed E-state index contributed by atoms with van der Waals surface area (Å²) in [6.07, 6.45) is 1.03. The van der Waals surface area contributed by atoms with Crippen molar-refractivity contribution in [3.05, 3.63) is 58.6 Å². The van der Waals surface area contributed by atoms with E-state index < -0.39 is 0 Å².